The Bertz CT molecular complexity index is 1180. The summed E-state index contributed by atoms with van der Waals surface area (Å²) < 4.78 is 11.7. The van der Waals surface area contributed by atoms with Gasteiger partial charge in [-0.25, -0.2) is 4.98 Å². The molecule has 38 heavy (non-hydrogen) atoms. The van der Waals surface area contributed by atoms with Crippen molar-refractivity contribution in [3.8, 4) is 17.5 Å². The van der Waals surface area contributed by atoms with Gasteiger partial charge in [0, 0.05) is 24.7 Å². The number of nitrogens with one attached hydrogen (secondary N) is 1. The van der Waals surface area contributed by atoms with Gasteiger partial charge in [0.2, 0.25) is 5.91 Å². The van der Waals surface area contributed by atoms with Gasteiger partial charge in [-0.05, 0) is 70.4 Å². The summed E-state index contributed by atoms with van der Waals surface area (Å²) in [7, 11) is 5.42. The number of nitrogens with zero attached hydrogens (tertiary/aromatic N) is 5. The maximum Gasteiger partial charge on any atom is 0.324 e. The Morgan fingerprint density at radius 3 is 2.53 bits per heavy atom. The monoisotopic (exact) mass is 522 g/mol. The predicted molar refractivity (Wildman–Crippen MR) is 145 cm³/mol. The minimum absolute atomic E-state index is 0.0694. The molecule has 1 N–H and O–H groups in total. The van der Waals surface area contributed by atoms with Crippen molar-refractivity contribution in [3.63, 3.8) is 0 Å². The Morgan fingerprint density at radius 1 is 1.11 bits per heavy atom. The number of aromatic nitrogens is 2. The number of likely N-dealkylation sites (N-methyl/N-ethyl adjacent to an activating group) is 1. The SMILES string of the molecule is CCC1C(=O)N(C)c2cnc(Oc3ccc(C(=O)NC4CCN(C)CC4)cc3OC)nc2N1C1CCCC1. The number of rotatable bonds is 7. The van der Waals surface area contributed by atoms with Gasteiger partial charge in [-0.2, -0.15) is 4.98 Å². The summed E-state index contributed by atoms with van der Waals surface area (Å²) >= 11 is 0. The average molecular weight is 523 g/mol. The Kier molecular flexibility index (Phi) is 7.69. The molecular weight excluding hydrogens is 484 g/mol. The summed E-state index contributed by atoms with van der Waals surface area (Å²) in [6.45, 7) is 3.99. The van der Waals surface area contributed by atoms with Gasteiger partial charge < -0.3 is 29.5 Å². The van der Waals surface area contributed by atoms with E-state index in [1.165, 1.54) is 0 Å². The summed E-state index contributed by atoms with van der Waals surface area (Å²) in [5.41, 5.74) is 1.20. The molecule has 2 fully saturated rings. The first-order valence-electron chi connectivity index (χ1n) is 13.7. The van der Waals surface area contributed by atoms with Gasteiger partial charge in [-0.15, -0.1) is 0 Å². The van der Waals surface area contributed by atoms with E-state index in [9.17, 15) is 9.59 Å². The number of carbonyl (C=O) groups excluding carboxylic acids is 2. The van der Waals surface area contributed by atoms with Crippen molar-refractivity contribution in [1.29, 1.82) is 0 Å². The molecule has 3 heterocycles. The third-order valence-corrected chi connectivity index (χ3v) is 8.07. The van der Waals surface area contributed by atoms with Crippen LogP contribution in [0.15, 0.2) is 24.4 Å². The molecule has 1 atom stereocenters. The van der Waals surface area contributed by atoms with Crippen molar-refractivity contribution in [3.05, 3.63) is 30.0 Å². The van der Waals surface area contributed by atoms with Gasteiger partial charge in [0.15, 0.2) is 17.3 Å². The van der Waals surface area contributed by atoms with E-state index in [-0.39, 0.29) is 36.0 Å². The average Bonchev–Trinajstić information content (AvgIpc) is 3.46. The van der Waals surface area contributed by atoms with E-state index in [4.69, 9.17) is 14.5 Å². The quantitative estimate of drug-likeness (QED) is 0.589. The number of hydrogen-bond acceptors (Lipinski definition) is 8. The second kappa shape index (κ2) is 11.1. The lowest BCUT2D eigenvalue weighted by Crippen LogP contribution is -2.55. The molecule has 1 saturated heterocycles. The van der Waals surface area contributed by atoms with Gasteiger partial charge in [-0.1, -0.05) is 19.8 Å². The van der Waals surface area contributed by atoms with E-state index < -0.39 is 0 Å². The minimum Gasteiger partial charge on any atom is -0.493 e. The molecule has 2 aliphatic heterocycles. The van der Waals surface area contributed by atoms with Crippen LogP contribution in [-0.4, -0.2) is 79.1 Å². The lowest BCUT2D eigenvalue weighted by molar-refractivity contribution is -0.120. The van der Waals surface area contributed by atoms with Crippen molar-refractivity contribution >= 4 is 23.3 Å². The molecular formula is C28H38N6O4. The number of benzene rings is 1. The fourth-order valence-electron chi connectivity index (χ4n) is 5.83. The highest BCUT2D eigenvalue weighted by atomic mass is 16.5. The van der Waals surface area contributed by atoms with Crippen molar-refractivity contribution in [2.24, 2.45) is 0 Å². The van der Waals surface area contributed by atoms with E-state index in [1.807, 2.05) is 6.92 Å². The standard InChI is InChI=1S/C28H38N6O4/c1-5-21-27(36)33(3)22-17-29-28(31-25(22)34(21)20-8-6-7-9-20)38-23-11-10-18(16-24(23)37-4)26(35)30-19-12-14-32(2)15-13-19/h10-11,16-17,19-21H,5-9,12-15H2,1-4H3,(H,30,35). The van der Waals surface area contributed by atoms with E-state index in [0.29, 0.717) is 29.2 Å². The highest BCUT2D eigenvalue weighted by Gasteiger charge is 2.41. The van der Waals surface area contributed by atoms with Crippen molar-refractivity contribution in [1.82, 2.24) is 20.2 Å². The molecule has 1 unspecified atom stereocenters. The van der Waals surface area contributed by atoms with Crippen LogP contribution in [0, 0.1) is 0 Å². The molecule has 204 valence electrons. The van der Waals surface area contributed by atoms with E-state index in [2.05, 4.69) is 27.1 Å². The third-order valence-electron chi connectivity index (χ3n) is 8.07. The molecule has 1 aromatic carbocycles. The van der Waals surface area contributed by atoms with Crippen LogP contribution in [0.5, 0.6) is 17.5 Å². The zero-order valence-electron chi connectivity index (χ0n) is 22.8. The van der Waals surface area contributed by atoms with Crippen LogP contribution in [0.4, 0.5) is 11.5 Å². The van der Waals surface area contributed by atoms with Gasteiger partial charge in [0.05, 0.1) is 13.3 Å². The highest BCUT2D eigenvalue weighted by Crippen LogP contribution is 2.41. The zero-order chi connectivity index (χ0) is 26.8. The Hall–Kier alpha value is -3.40. The Labute approximate surface area is 224 Å². The molecule has 0 spiro atoms. The lowest BCUT2D eigenvalue weighted by atomic mass is 10.0. The third kappa shape index (κ3) is 5.14. The molecule has 3 aliphatic rings. The van der Waals surface area contributed by atoms with Gasteiger partial charge in [0.1, 0.15) is 11.7 Å². The first-order chi connectivity index (χ1) is 18.4. The van der Waals surface area contributed by atoms with Gasteiger partial charge in [0.25, 0.3) is 5.91 Å². The molecule has 5 rings (SSSR count). The van der Waals surface area contributed by atoms with Crippen molar-refractivity contribution in [2.45, 2.75) is 70.0 Å². The Morgan fingerprint density at radius 2 is 1.84 bits per heavy atom. The van der Waals surface area contributed by atoms with Crippen LogP contribution in [0.1, 0.15) is 62.2 Å². The molecule has 1 saturated carbocycles. The molecule has 2 aromatic rings. The van der Waals surface area contributed by atoms with Crippen LogP contribution in [-0.2, 0) is 4.79 Å². The fourth-order valence-corrected chi connectivity index (χ4v) is 5.83. The second-order valence-corrected chi connectivity index (χ2v) is 10.5. The summed E-state index contributed by atoms with van der Waals surface area (Å²) in [6, 6.07) is 5.49. The predicted octanol–water partition coefficient (Wildman–Crippen LogP) is 3.61. The van der Waals surface area contributed by atoms with Crippen molar-refractivity contribution < 1.29 is 19.1 Å². The van der Waals surface area contributed by atoms with Crippen LogP contribution in [0.25, 0.3) is 0 Å². The minimum atomic E-state index is -0.254. The summed E-state index contributed by atoms with van der Waals surface area (Å²) in [4.78, 5) is 41.3. The number of ether oxygens (including phenoxy) is 2. The molecule has 0 radical (unpaired) electrons. The first kappa shape index (κ1) is 26.2. The molecule has 1 aromatic heterocycles. The highest BCUT2D eigenvalue weighted by molar-refractivity contribution is 6.04. The fraction of sp³-hybridized carbons (Fsp3) is 0.571. The Balaban J connectivity index is 1.38. The number of likely N-dealkylation sites (tertiary alicyclic amines) is 1. The number of amides is 2. The zero-order valence-corrected chi connectivity index (χ0v) is 22.8. The molecule has 2 amide bonds. The topological polar surface area (TPSA) is 100 Å². The molecule has 1 aliphatic carbocycles. The maximum absolute atomic E-state index is 13.1. The number of methoxy groups -OCH3 is 1. The van der Waals surface area contributed by atoms with Crippen LogP contribution >= 0.6 is 0 Å². The number of hydrogen-bond donors (Lipinski definition) is 1. The number of carbonyl (C=O) groups is 2. The van der Waals surface area contributed by atoms with E-state index in [1.54, 1.807) is 43.5 Å². The molecule has 10 heteroatoms. The van der Waals surface area contributed by atoms with Crippen molar-refractivity contribution in [2.75, 3.05) is 44.1 Å². The van der Waals surface area contributed by atoms with Gasteiger partial charge >= 0.3 is 6.01 Å². The van der Waals surface area contributed by atoms with Crippen LogP contribution in [0.3, 0.4) is 0 Å². The number of piperidine rings is 1. The summed E-state index contributed by atoms with van der Waals surface area (Å²) in [5, 5.41) is 3.13. The molecule has 10 nitrogen and oxygen atoms in total. The largest absolute Gasteiger partial charge is 0.493 e. The van der Waals surface area contributed by atoms with Crippen LogP contribution < -0.4 is 24.6 Å². The maximum atomic E-state index is 13.1. The number of fused-ring (bicyclic) bond motifs is 1. The second-order valence-electron chi connectivity index (χ2n) is 10.5. The number of anilines is 2. The normalized spacial score (nSPS) is 20.9. The van der Waals surface area contributed by atoms with E-state index in [0.717, 1.165) is 57.4 Å². The lowest BCUT2D eigenvalue weighted by Gasteiger charge is -2.43. The smallest absolute Gasteiger partial charge is 0.324 e. The van der Waals surface area contributed by atoms with Crippen LogP contribution in [0.2, 0.25) is 0 Å². The molecule has 0 bridgehead atoms. The first-order valence-corrected chi connectivity index (χ1v) is 13.7. The van der Waals surface area contributed by atoms with Gasteiger partial charge in [-0.3, -0.25) is 9.59 Å². The summed E-state index contributed by atoms with van der Waals surface area (Å²) in [5.74, 6) is 1.51. The summed E-state index contributed by atoms with van der Waals surface area (Å²) in [6.07, 6.45) is 8.62. The van der Waals surface area contributed by atoms with E-state index >= 15 is 0 Å².